The molecule has 0 radical (unpaired) electrons. The first-order valence-corrected chi connectivity index (χ1v) is 12.3. The quantitative estimate of drug-likeness (QED) is 0.430. The molecule has 1 unspecified atom stereocenters. The number of amides is 1. The number of hydrogen-bond donors (Lipinski definition) is 0. The molecule has 3 rings (SSSR count). The summed E-state index contributed by atoms with van der Waals surface area (Å²) in [6.45, 7) is 1.98. The van der Waals surface area contributed by atoms with E-state index >= 15 is 0 Å². The maximum Gasteiger partial charge on any atom is 0.307 e. The van der Waals surface area contributed by atoms with Crippen LogP contribution in [0.2, 0.25) is 0 Å². The monoisotopic (exact) mass is 486 g/mol. The van der Waals surface area contributed by atoms with Crippen LogP contribution in [0.4, 0.5) is 0 Å². The average molecular weight is 487 g/mol. The van der Waals surface area contributed by atoms with Crippen LogP contribution in [0.25, 0.3) is 11.0 Å². The van der Waals surface area contributed by atoms with Crippen molar-refractivity contribution in [1.82, 2.24) is 18.8 Å². The van der Waals surface area contributed by atoms with Crippen molar-refractivity contribution in [2.24, 2.45) is 7.05 Å². The second kappa shape index (κ2) is 10.4. The molecule has 34 heavy (non-hydrogen) atoms. The molecule has 3 aromatic rings. The van der Waals surface area contributed by atoms with Gasteiger partial charge in [-0.05, 0) is 30.7 Å². The van der Waals surface area contributed by atoms with Gasteiger partial charge in [-0.3, -0.25) is 9.59 Å². The van der Waals surface area contributed by atoms with E-state index in [2.05, 4.69) is 4.98 Å². The molecule has 0 saturated carbocycles. The van der Waals surface area contributed by atoms with Gasteiger partial charge in [-0.2, -0.15) is 0 Å². The number of likely N-dealkylation sites (N-methyl/N-ethyl adjacent to an activating group) is 1. The molecule has 10 heteroatoms. The lowest BCUT2D eigenvalue weighted by molar-refractivity contribution is -0.158. The molecular weight excluding hydrogens is 456 g/mol. The molecule has 0 spiro atoms. The van der Waals surface area contributed by atoms with Crippen molar-refractivity contribution in [3.05, 3.63) is 59.9 Å². The van der Waals surface area contributed by atoms with Gasteiger partial charge < -0.3 is 14.2 Å². The van der Waals surface area contributed by atoms with Gasteiger partial charge in [0.2, 0.25) is 10.0 Å². The SMILES string of the molecule is CC(OC(=O)CCc1nc2cc(S(=O)(=O)N(C)C)ccc2n1C)C(=O)N(C)Cc1ccccc1. The highest BCUT2D eigenvalue weighted by atomic mass is 32.2. The molecular formula is C24H30N4O5S. The first-order chi connectivity index (χ1) is 16.0. The number of esters is 1. The fraction of sp³-hybridized carbons (Fsp3) is 0.375. The second-order valence-corrected chi connectivity index (χ2v) is 10.5. The van der Waals surface area contributed by atoms with Gasteiger partial charge in [0.25, 0.3) is 5.91 Å². The lowest BCUT2D eigenvalue weighted by Gasteiger charge is -2.21. The molecule has 0 aliphatic rings. The van der Waals surface area contributed by atoms with E-state index in [4.69, 9.17) is 4.74 Å². The zero-order valence-corrected chi connectivity index (χ0v) is 20.9. The molecule has 1 heterocycles. The van der Waals surface area contributed by atoms with E-state index in [9.17, 15) is 18.0 Å². The number of imidazole rings is 1. The molecule has 0 saturated heterocycles. The smallest absolute Gasteiger partial charge is 0.307 e. The Kier molecular flexibility index (Phi) is 7.73. The zero-order chi connectivity index (χ0) is 25.0. The lowest BCUT2D eigenvalue weighted by atomic mass is 10.2. The van der Waals surface area contributed by atoms with Crippen LogP contribution in [0.1, 0.15) is 24.7 Å². The van der Waals surface area contributed by atoms with Crippen molar-refractivity contribution in [2.75, 3.05) is 21.1 Å². The number of rotatable bonds is 9. The number of hydrogen-bond acceptors (Lipinski definition) is 6. The van der Waals surface area contributed by atoms with Gasteiger partial charge in [-0.15, -0.1) is 0 Å². The average Bonchev–Trinajstić information content (AvgIpc) is 3.12. The molecule has 0 aliphatic heterocycles. The molecule has 182 valence electrons. The van der Waals surface area contributed by atoms with Gasteiger partial charge in [0, 0.05) is 41.2 Å². The molecule has 9 nitrogen and oxygen atoms in total. The summed E-state index contributed by atoms with van der Waals surface area (Å²) in [6, 6.07) is 14.3. The summed E-state index contributed by atoms with van der Waals surface area (Å²) in [4.78, 5) is 31.1. The van der Waals surface area contributed by atoms with E-state index in [0.717, 1.165) is 15.4 Å². The Labute approximate surface area is 200 Å². The van der Waals surface area contributed by atoms with Gasteiger partial charge >= 0.3 is 5.97 Å². The summed E-state index contributed by atoms with van der Waals surface area (Å²) < 4.78 is 33.1. The van der Waals surface area contributed by atoms with Crippen LogP contribution in [0.15, 0.2) is 53.4 Å². The number of aromatic nitrogens is 2. The summed E-state index contributed by atoms with van der Waals surface area (Å²) in [6.07, 6.45) is -0.568. The molecule has 0 bridgehead atoms. The first-order valence-electron chi connectivity index (χ1n) is 10.9. The predicted molar refractivity (Wildman–Crippen MR) is 128 cm³/mol. The Morgan fingerprint density at radius 3 is 2.41 bits per heavy atom. The number of benzene rings is 2. The van der Waals surface area contributed by atoms with Crippen molar-refractivity contribution in [3.63, 3.8) is 0 Å². The van der Waals surface area contributed by atoms with E-state index in [0.29, 0.717) is 24.3 Å². The summed E-state index contributed by atoms with van der Waals surface area (Å²) in [7, 11) is 2.85. The number of fused-ring (bicyclic) bond motifs is 1. The van der Waals surface area contributed by atoms with Crippen LogP contribution < -0.4 is 0 Å². The lowest BCUT2D eigenvalue weighted by Crippen LogP contribution is -2.37. The Morgan fingerprint density at radius 1 is 1.09 bits per heavy atom. The van der Waals surface area contributed by atoms with E-state index in [1.165, 1.54) is 31.1 Å². The summed E-state index contributed by atoms with van der Waals surface area (Å²) in [5.74, 6) is -0.169. The second-order valence-electron chi connectivity index (χ2n) is 8.34. The van der Waals surface area contributed by atoms with Gasteiger partial charge in [0.1, 0.15) is 5.82 Å². The maximum atomic E-state index is 12.6. The molecule has 0 aliphatic carbocycles. The van der Waals surface area contributed by atoms with Crippen LogP contribution in [0.3, 0.4) is 0 Å². The Bertz CT molecular complexity index is 1290. The largest absolute Gasteiger partial charge is 0.453 e. The highest BCUT2D eigenvalue weighted by Crippen LogP contribution is 2.22. The Balaban J connectivity index is 1.61. The topological polar surface area (TPSA) is 102 Å². The molecule has 0 N–H and O–H groups in total. The number of ether oxygens (including phenoxy) is 1. The fourth-order valence-electron chi connectivity index (χ4n) is 3.59. The van der Waals surface area contributed by atoms with Gasteiger partial charge in [0.15, 0.2) is 6.10 Å². The fourth-order valence-corrected chi connectivity index (χ4v) is 4.51. The van der Waals surface area contributed by atoms with Crippen LogP contribution in [0, 0.1) is 0 Å². The normalized spacial score (nSPS) is 12.6. The van der Waals surface area contributed by atoms with Crippen molar-refractivity contribution >= 4 is 32.9 Å². The Morgan fingerprint density at radius 2 is 1.76 bits per heavy atom. The minimum absolute atomic E-state index is 0.0417. The first kappa shape index (κ1) is 25.4. The molecule has 1 atom stereocenters. The van der Waals surface area contributed by atoms with Crippen molar-refractivity contribution in [2.45, 2.75) is 37.3 Å². The van der Waals surface area contributed by atoms with E-state index in [-0.39, 0.29) is 17.2 Å². The minimum atomic E-state index is -3.57. The van der Waals surface area contributed by atoms with E-state index < -0.39 is 22.1 Å². The van der Waals surface area contributed by atoms with Gasteiger partial charge in [-0.25, -0.2) is 17.7 Å². The molecule has 2 aromatic carbocycles. The predicted octanol–water partition coefficient (Wildman–Crippen LogP) is 2.35. The zero-order valence-electron chi connectivity index (χ0n) is 20.1. The Hall–Kier alpha value is -3.24. The van der Waals surface area contributed by atoms with Crippen LogP contribution in [-0.4, -0.2) is 66.3 Å². The molecule has 1 aromatic heterocycles. The number of carbonyl (C=O) groups is 2. The highest BCUT2D eigenvalue weighted by molar-refractivity contribution is 7.89. The summed E-state index contributed by atoms with van der Waals surface area (Å²) in [5.41, 5.74) is 2.27. The number of aryl methyl sites for hydroxylation is 2. The van der Waals surface area contributed by atoms with E-state index in [1.807, 2.05) is 34.9 Å². The summed E-state index contributed by atoms with van der Waals surface area (Å²) >= 11 is 0. The number of sulfonamides is 1. The van der Waals surface area contributed by atoms with Gasteiger partial charge in [-0.1, -0.05) is 30.3 Å². The van der Waals surface area contributed by atoms with Crippen molar-refractivity contribution in [3.8, 4) is 0 Å². The van der Waals surface area contributed by atoms with Crippen molar-refractivity contribution < 1.29 is 22.7 Å². The van der Waals surface area contributed by atoms with Crippen LogP contribution in [0.5, 0.6) is 0 Å². The third-order valence-electron chi connectivity index (χ3n) is 5.57. The maximum absolute atomic E-state index is 12.6. The molecule has 0 fully saturated rings. The number of nitrogens with zero attached hydrogens (tertiary/aromatic N) is 4. The van der Waals surface area contributed by atoms with Crippen LogP contribution >= 0.6 is 0 Å². The highest BCUT2D eigenvalue weighted by Gasteiger charge is 2.23. The number of carbonyl (C=O) groups excluding carboxylic acids is 2. The third-order valence-corrected chi connectivity index (χ3v) is 7.38. The van der Waals surface area contributed by atoms with E-state index in [1.54, 1.807) is 27.1 Å². The third kappa shape index (κ3) is 5.63. The standard InChI is InChI=1S/C24H30N4O5S/c1-17(24(30)27(4)16-18-9-7-6-8-10-18)33-23(29)14-13-22-25-20-15-19(34(31,32)26(2)3)11-12-21(20)28(22)5/h6-12,15,17H,13-14,16H2,1-5H3. The molecule has 1 amide bonds. The minimum Gasteiger partial charge on any atom is -0.453 e. The summed E-state index contributed by atoms with van der Waals surface area (Å²) in [5, 5.41) is 0. The van der Waals surface area contributed by atoms with Crippen LogP contribution in [-0.2, 0) is 44.4 Å². The van der Waals surface area contributed by atoms with Gasteiger partial charge in [0.05, 0.1) is 22.3 Å². The van der Waals surface area contributed by atoms with Crippen molar-refractivity contribution in [1.29, 1.82) is 0 Å².